The van der Waals surface area contributed by atoms with Gasteiger partial charge in [-0.25, -0.2) is 4.79 Å². The molecule has 0 saturated heterocycles. The van der Waals surface area contributed by atoms with Crippen molar-refractivity contribution in [1.29, 1.82) is 0 Å². The molecular weight excluding hydrogens is 268 g/mol. The lowest BCUT2D eigenvalue weighted by Crippen LogP contribution is -2.53. The van der Waals surface area contributed by atoms with Gasteiger partial charge in [0.2, 0.25) is 0 Å². The summed E-state index contributed by atoms with van der Waals surface area (Å²) in [6.45, 7) is 12.7. The zero-order valence-electron chi connectivity index (χ0n) is 14.8. The molecule has 126 valence electrons. The van der Waals surface area contributed by atoms with Crippen molar-refractivity contribution in [1.82, 2.24) is 15.1 Å². The fraction of sp³-hybridized carbons (Fsp3) is 0.933. The van der Waals surface area contributed by atoms with Gasteiger partial charge >= 0.3 is 6.09 Å². The Kier molecular flexibility index (Phi) is 8.85. The second-order valence-electron chi connectivity index (χ2n) is 6.71. The molecular formula is C15H34N4O2. The number of ether oxygens (including phenoxy) is 1. The molecule has 2 atom stereocenters. The number of rotatable bonds is 8. The number of carbonyl (C=O) groups is 1. The first-order chi connectivity index (χ1) is 9.60. The molecule has 21 heavy (non-hydrogen) atoms. The lowest BCUT2D eigenvalue weighted by Gasteiger charge is -2.36. The van der Waals surface area contributed by atoms with Crippen molar-refractivity contribution in [3.63, 3.8) is 0 Å². The van der Waals surface area contributed by atoms with Crippen LogP contribution in [0.15, 0.2) is 0 Å². The number of hydrogen-bond donors (Lipinski definition) is 2. The highest BCUT2D eigenvalue weighted by Crippen LogP contribution is 2.08. The topological polar surface area (TPSA) is 70.8 Å². The quantitative estimate of drug-likeness (QED) is 0.703. The summed E-state index contributed by atoms with van der Waals surface area (Å²) in [5.74, 6) is 0. The summed E-state index contributed by atoms with van der Waals surface area (Å²) in [4.78, 5) is 16.2. The molecule has 0 bridgehead atoms. The van der Waals surface area contributed by atoms with E-state index < -0.39 is 11.7 Å². The van der Waals surface area contributed by atoms with Crippen LogP contribution < -0.4 is 11.1 Å². The molecule has 0 aliphatic heterocycles. The third-order valence-electron chi connectivity index (χ3n) is 3.18. The smallest absolute Gasteiger partial charge is 0.407 e. The molecule has 0 rings (SSSR count). The van der Waals surface area contributed by atoms with E-state index in [4.69, 9.17) is 10.5 Å². The number of nitrogens with one attached hydrogen (secondary N) is 1. The van der Waals surface area contributed by atoms with Crippen LogP contribution in [0.3, 0.4) is 0 Å². The molecule has 6 heteroatoms. The fourth-order valence-electron chi connectivity index (χ4n) is 2.41. The summed E-state index contributed by atoms with van der Waals surface area (Å²) < 4.78 is 5.25. The van der Waals surface area contributed by atoms with Gasteiger partial charge < -0.3 is 20.7 Å². The zero-order chi connectivity index (χ0) is 16.6. The van der Waals surface area contributed by atoms with Gasteiger partial charge in [0.1, 0.15) is 5.60 Å². The van der Waals surface area contributed by atoms with Crippen molar-refractivity contribution in [3.05, 3.63) is 0 Å². The Morgan fingerprint density at radius 2 is 1.90 bits per heavy atom. The molecule has 6 nitrogen and oxygen atoms in total. The van der Waals surface area contributed by atoms with Gasteiger partial charge in [0.15, 0.2) is 0 Å². The number of carbonyl (C=O) groups excluding carboxylic acids is 1. The van der Waals surface area contributed by atoms with E-state index >= 15 is 0 Å². The maximum Gasteiger partial charge on any atom is 0.407 e. The van der Waals surface area contributed by atoms with Crippen LogP contribution in [0.25, 0.3) is 0 Å². The first-order valence-corrected chi connectivity index (χ1v) is 7.68. The first kappa shape index (κ1) is 20.1. The molecule has 0 saturated carbocycles. The van der Waals surface area contributed by atoms with Crippen molar-refractivity contribution >= 4 is 6.09 Å². The van der Waals surface area contributed by atoms with Gasteiger partial charge in [-0.2, -0.15) is 0 Å². The third kappa shape index (κ3) is 8.90. The minimum Gasteiger partial charge on any atom is -0.444 e. The third-order valence-corrected chi connectivity index (χ3v) is 3.18. The normalized spacial score (nSPS) is 15.1. The molecule has 2 unspecified atom stereocenters. The maximum atomic E-state index is 11.7. The van der Waals surface area contributed by atoms with E-state index in [1.807, 2.05) is 20.8 Å². The molecule has 0 spiro atoms. The molecule has 0 fully saturated rings. The minimum atomic E-state index is -0.481. The Morgan fingerprint density at radius 3 is 2.29 bits per heavy atom. The molecule has 0 aliphatic rings. The van der Waals surface area contributed by atoms with Crippen molar-refractivity contribution in [2.24, 2.45) is 5.73 Å². The lowest BCUT2D eigenvalue weighted by atomic mass is 10.1. The maximum absolute atomic E-state index is 11.7. The van der Waals surface area contributed by atoms with Crippen LogP contribution in [0.4, 0.5) is 4.79 Å². The summed E-state index contributed by atoms with van der Waals surface area (Å²) in [5, 5.41) is 2.82. The molecule has 0 aromatic carbocycles. The van der Waals surface area contributed by atoms with Gasteiger partial charge in [-0.05, 0) is 48.3 Å². The summed E-state index contributed by atoms with van der Waals surface area (Å²) in [7, 11) is 4.11. The molecule has 1 amide bonds. The van der Waals surface area contributed by atoms with Crippen LogP contribution in [0.2, 0.25) is 0 Å². The van der Waals surface area contributed by atoms with E-state index in [0.717, 1.165) is 13.1 Å². The lowest BCUT2D eigenvalue weighted by molar-refractivity contribution is 0.0495. The molecule has 3 N–H and O–H groups in total. The minimum absolute atomic E-state index is 0.109. The summed E-state index contributed by atoms with van der Waals surface area (Å²) in [5.41, 5.74) is 5.40. The van der Waals surface area contributed by atoms with E-state index in [2.05, 4.69) is 43.1 Å². The highest BCUT2D eigenvalue weighted by atomic mass is 16.6. The van der Waals surface area contributed by atoms with Crippen LogP contribution in [0, 0.1) is 0 Å². The Bertz CT molecular complexity index is 303. The van der Waals surface area contributed by atoms with Crippen molar-refractivity contribution in [3.8, 4) is 0 Å². The van der Waals surface area contributed by atoms with Crippen LogP contribution in [0.5, 0.6) is 0 Å². The van der Waals surface area contributed by atoms with E-state index in [0.29, 0.717) is 19.1 Å². The molecule has 0 aromatic heterocycles. The number of alkyl carbamates (subject to hydrolysis) is 1. The average molecular weight is 302 g/mol. The van der Waals surface area contributed by atoms with Gasteiger partial charge in [0.05, 0.1) is 0 Å². The van der Waals surface area contributed by atoms with Crippen LogP contribution in [-0.4, -0.2) is 73.9 Å². The van der Waals surface area contributed by atoms with Gasteiger partial charge in [-0.15, -0.1) is 0 Å². The highest BCUT2D eigenvalue weighted by Gasteiger charge is 2.23. The van der Waals surface area contributed by atoms with Crippen molar-refractivity contribution < 1.29 is 9.53 Å². The van der Waals surface area contributed by atoms with Crippen LogP contribution in [-0.2, 0) is 4.74 Å². The number of hydrogen-bond acceptors (Lipinski definition) is 5. The van der Waals surface area contributed by atoms with Crippen LogP contribution in [0.1, 0.15) is 34.6 Å². The highest BCUT2D eigenvalue weighted by molar-refractivity contribution is 5.67. The number of nitrogens with two attached hydrogens (primary N) is 1. The summed E-state index contributed by atoms with van der Waals surface area (Å²) in [6.07, 6.45) is -0.391. The molecule has 0 aliphatic carbocycles. The van der Waals surface area contributed by atoms with Crippen molar-refractivity contribution in [2.45, 2.75) is 52.3 Å². The van der Waals surface area contributed by atoms with E-state index in [9.17, 15) is 4.79 Å². The average Bonchev–Trinajstić information content (AvgIpc) is 2.30. The van der Waals surface area contributed by atoms with E-state index in [-0.39, 0.29) is 6.04 Å². The molecule has 0 radical (unpaired) electrons. The van der Waals surface area contributed by atoms with Gasteiger partial charge in [0, 0.05) is 31.7 Å². The van der Waals surface area contributed by atoms with Crippen molar-refractivity contribution in [2.75, 3.05) is 40.3 Å². The monoisotopic (exact) mass is 302 g/mol. The molecule has 0 aromatic rings. The Labute approximate surface area is 130 Å². The summed E-state index contributed by atoms with van der Waals surface area (Å²) in [6, 6.07) is 0.483. The van der Waals surface area contributed by atoms with Gasteiger partial charge in [-0.3, -0.25) is 4.90 Å². The fourth-order valence-corrected chi connectivity index (χ4v) is 2.41. The SMILES string of the molecule is CCN(C(C)CN(C)C)C(CN)CNC(=O)OC(C)(C)C. The second-order valence-corrected chi connectivity index (χ2v) is 6.71. The largest absolute Gasteiger partial charge is 0.444 e. The van der Waals surface area contributed by atoms with Crippen LogP contribution >= 0.6 is 0 Å². The van der Waals surface area contributed by atoms with E-state index in [1.54, 1.807) is 0 Å². The van der Waals surface area contributed by atoms with E-state index in [1.165, 1.54) is 0 Å². The Morgan fingerprint density at radius 1 is 1.33 bits per heavy atom. The second kappa shape index (κ2) is 9.23. The summed E-state index contributed by atoms with van der Waals surface area (Å²) >= 11 is 0. The van der Waals surface area contributed by atoms with Gasteiger partial charge in [-0.1, -0.05) is 6.92 Å². The first-order valence-electron chi connectivity index (χ1n) is 7.68. The zero-order valence-corrected chi connectivity index (χ0v) is 14.8. The Balaban J connectivity index is 4.49. The number of amides is 1. The molecule has 0 heterocycles. The predicted molar refractivity (Wildman–Crippen MR) is 87.5 cm³/mol. The standard InChI is InChI=1S/C15H34N4O2/c1-8-19(12(2)11-18(6)7)13(9-16)10-17-14(20)21-15(3,4)5/h12-13H,8-11,16H2,1-7H3,(H,17,20). The van der Waals surface area contributed by atoms with Gasteiger partial charge in [0.25, 0.3) is 0 Å². The predicted octanol–water partition coefficient (Wildman–Crippen LogP) is 1.11. The Hall–Kier alpha value is -0.850. The number of likely N-dealkylation sites (N-methyl/N-ethyl adjacent to an activating group) is 2. The number of nitrogens with zero attached hydrogens (tertiary/aromatic N) is 2.